The Morgan fingerprint density at radius 2 is 2.07 bits per heavy atom. The minimum atomic E-state index is 0.519. The average Bonchev–Trinajstić information content (AvgIpc) is 2.16. The zero-order valence-corrected chi connectivity index (χ0v) is 9.98. The molecule has 0 radical (unpaired) electrons. The number of aromatic amines is 1. The Balaban J connectivity index is 2.77. The number of benzene rings is 1. The van der Waals surface area contributed by atoms with Crippen molar-refractivity contribution in [2.75, 3.05) is 0 Å². The van der Waals surface area contributed by atoms with E-state index in [1.54, 1.807) is 0 Å². The van der Waals surface area contributed by atoms with Gasteiger partial charge in [-0.25, -0.2) is 4.98 Å². The Bertz CT molecular complexity index is 555. The number of H-pyrrole nitrogens is 1. The van der Waals surface area contributed by atoms with Crippen LogP contribution in [0.2, 0.25) is 0 Å². The summed E-state index contributed by atoms with van der Waals surface area (Å²) in [6, 6.07) is 6.35. The summed E-state index contributed by atoms with van der Waals surface area (Å²) in [5.41, 5.74) is 2.37. The summed E-state index contributed by atoms with van der Waals surface area (Å²) in [7, 11) is 0. The lowest BCUT2D eigenvalue weighted by atomic mass is 10.0. The number of rotatable bonds is 1. The van der Waals surface area contributed by atoms with Crippen molar-refractivity contribution in [1.82, 2.24) is 9.97 Å². The topological polar surface area (TPSA) is 28.7 Å². The Labute approximate surface area is 94.4 Å². The van der Waals surface area contributed by atoms with E-state index in [9.17, 15) is 0 Å². The van der Waals surface area contributed by atoms with Gasteiger partial charge in [-0.15, -0.1) is 0 Å². The molecule has 0 amide bonds. The maximum atomic E-state index is 5.26. The van der Waals surface area contributed by atoms with Gasteiger partial charge in [-0.05, 0) is 30.5 Å². The van der Waals surface area contributed by atoms with Crippen LogP contribution in [0.25, 0.3) is 10.9 Å². The monoisotopic (exact) mass is 218 g/mol. The molecule has 0 bridgehead atoms. The Morgan fingerprint density at radius 3 is 2.73 bits per heavy atom. The third-order valence-electron chi connectivity index (χ3n) is 2.53. The van der Waals surface area contributed by atoms with E-state index in [1.807, 2.05) is 6.92 Å². The number of aromatic nitrogens is 2. The van der Waals surface area contributed by atoms with Gasteiger partial charge in [0, 0.05) is 10.9 Å². The zero-order valence-electron chi connectivity index (χ0n) is 9.16. The Morgan fingerprint density at radius 1 is 1.33 bits per heavy atom. The Hall–Kier alpha value is -1.22. The Kier molecular flexibility index (Phi) is 2.57. The van der Waals surface area contributed by atoms with Gasteiger partial charge in [0.1, 0.15) is 10.5 Å². The maximum absolute atomic E-state index is 5.26. The molecule has 0 aliphatic rings. The van der Waals surface area contributed by atoms with E-state index < -0.39 is 0 Å². The normalized spacial score (nSPS) is 11.2. The number of aryl methyl sites for hydroxylation is 1. The number of fused-ring (bicyclic) bond motifs is 1. The van der Waals surface area contributed by atoms with E-state index in [1.165, 1.54) is 5.56 Å². The van der Waals surface area contributed by atoms with Crippen LogP contribution in [-0.2, 0) is 0 Å². The predicted octanol–water partition coefficient (Wildman–Crippen LogP) is 3.72. The largest absolute Gasteiger partial charge is 0.343 e. The summed E-state index contributed by atoms with van der Waals surface area (Å²) in [6.45, 7) is 6.27. The van der Waals surface area contributed by atoms with Gasteiger partial charge in [0.25, 0.3) is 0 Å². The molecule has 78 valence electrons. The lowest BCUT2D eigenvalue weighted by molar-refractivity contribution is 0.868. The number of nitrogens with one attached hydrogen (secondary N) is 1. The van der Waals surface area contributed by atoms with Crippen LogP contribution >= 0.6 is 12.2 Å². The van der Waals surface area contributed by atoms with Crippen molar-refractivity contribution in [2.45, 2.75) is 26.7 Å². The highest BCUT2D eigenvalue weighted by atomic mass is 32.1. The molecule has 2 nitrogen and oxygen atoms in total. The first-order valence-electron chi connectivity index (χ1n) is 5.08. The second-order valence-electron chi connectivity index (χ2n) is 4.09. The SMILES string of the molecule is Cc1nc(=S)c2cc(C(C)C)ccc2[nH]1. The first kappa shape index (κ1) is 10.3. The number of hydrogen-bond acceptors (Lipinski definition) is 2. The van der Waals surface area contributed by atoms with E-state index in [0.29, 0.717) is 10.6 Å². The zero-order chi connectivity index (χ0) is 11.0. The molecule has 15 heavy (non-hydrogen) atoms. The molecule has 2 aromatic rings. The molecule has 0 aliphatic carbocycles. The minimum absolute atomic E-state index is 0.519. The van der Waals surface area contributed by atoms with Gasteiger partial charge in [-0.3, -0.25) is 0 Å². The van der Waals surface area contributed by atoms with Crippen LogP contribution in [0, 0.1) is 11.6 Å². The van der Waals surface area contributed by atoms with E-state index in [-0.39, 0.29) is 0 Å². The summed E-state index contributed by atoms with van der Waals surface area (Å²) >= 11 is 5.26. The number of nitrogens with zero attached hydrogens (tertiary/aromatic N) is 1. The lowest BCUT2D eigenvalue weighted by Gasteiger charge is -2.07. The number of hydrogen-bond donors (Lipinski definition) is 1. The van der Waals surface area contributed by atoms with Crippen molar-refractivity contribution < 1.29 is 0 Å². The van der Waals surface area contributed by atoms with E-state index >= 15 is 0 Å². The summed E-state index contributed by atoms with van der Waals surface area (Å²) in [5.74, 6) is 1.38. The van der Waals surface area contributed by atoms with Gasteiger partial charge >= 0.3 is 0 Å². The van der Waals surface area contributed by atoms with E-state index in [4.69, 9.17) is 12.2 Å². The van der Waals surface area contributed by atoms with Gasteiger partial charge in [0.2, 0.25) is 0 Å². The molecule has 0 saturated heterocycles. The molecule has 0 atom stereocenters. The van der Waals surface area contributed by atoms with Crippen LogP contribution < -0.4 is 0 Å². The van der Waals surface area contributed by atoms with Gasteiger partial charge in [0.05, 0.1) is 0 Å². The average molecular weight is 218 g/mol. The molecular formula is C12H14N2S. The second kappa shape index (κ2) is 3.74. The molecule has 1 aromatic heterocycles. The standard InChI is InChI=1S/C12H14N2S/c1-7(2)9-4-5-11-10(6-9)12(15)14-8(3)13-11/h4-7H,1-3H3,(H,13,14,15). The van der Waals surface area contributed by atoms with E-state index in [0.717, 1.165) is 16.7 Å². The second-order valence-corrected chi connectivity index (χ2v) is 4.47. The van der Waals surface area contributed by atoms with Crippen molar-refractivity contribution in [1.29, 1.82) is 0 Å². The molecule has 3 heteroatoms. The first-order chi connectivity index (χ1) is 7.08. The molecule has 1 aromatic carbocycles. The summed E-state index contributed by atoms with van der Waals surface area (Å²) < 4.78 is 0.684. The summed E-state index contributed by atoms with van der Waals surface area (Å²) in [4.78, 5) is 7.48. The van der Waals surface area contributed by atoms with E-state index in [2.05, 4.69) is 42.0 Å². The van der Waals surface area contributed by atoms with Crippen LogP contribution in [0.1, 0.15) is 31.2 Å². The van der Waals surface area contributed by atoms with Crippen molar-refractivity contribution in [2.24, 2.45) is 0 Å². The van der Waals surface area contributed by atoms with Gasteiger partial charge in [-0.1, -0.05) is 32.1 Å². The highest BCUT2D eigenvalue weighted by molar-refractivity contribution is 7.71. The van der Waals surface area contributed by atoms with Crippen LogP contribution in [0.3, 0.4) is 0 Å². The highest BCUT2D eigenvalue weighted by Crippen LogP contribution is 2.20. The lowest BCUT2D eigenvalue weighted by Crippen LogP contribution is -1.92. The molecule has 0 fully saturated rings. The molecule has 0 aliphatic heterocycles. The van der Waals surface area contributed by atoms with Gasteiger partial charge < -0.3 is 4.98 Å². The fourth-order valence-corrected chi connectivity index (χ4v) is 1.95. The molecule has 0 unspecified atom stereocenters. The molecule has 2 rings (SSSR count). The summed E-state index contributed by atoms with van der Waals surface area (Å²) in [5, 5.41) is 1.04. The first-order valence-corrected chi connectivity index (χ1v) is 5.49. The van der Waals surface area contributed by atoms with Crippen molar-refractivity contribution >= 4 is 23.1 Å². The van der Waals surface area contributed by atoms with Gasteiger partial charge in [0.15, 0.2) is 0 Å². The predicted molar refractivity (Wildman–Crippen MR) is 65.8 cm³/mol. The smallest absolute Gasteiger partial charge is 0.137 e. The fraction of sp³-hybridized carbons (Fsp3) is 0.333. The quantitative estimate of drug-likeness (QED) is 0.739. The molecule has 1 heterocycles. The van der Waals surface area contributed by atoms with Crippen LogP contribution in [0.15, 0.2) is 18.2 Å². The fourth-order valence-electron chi connectivity index (χ4n) is 1.64. The highest BCUT2D eigenvalue weighted by Gasteiger charge is 2.03. The van der Waals surface area contributed by atoms with Crippen LogP contribution in [0.5, 0.6) is 0 Å². The molecule has 0 spiro atoms. The van der Waals surface area contributed by atoms with Crippen LogP contribution in [0.4, 0.5) is 0 Å². The third kappa shape index (κ3) is 1.92. The van der Waals surface area contributed by atoms with Gasteiger partial charge in [-0.2, -0.15) is 0 Å². The maximum Gasteiger partial charge on any atom is 0.137 e. The van der Waals surface area contributed by atoms with Crippen molar-refractivity contribution in [3.8, 4) is 0 Å². The van der Waals surface area contributed by atoms with Crippen LogP contribution in [-0.4, -0.2) is 9.97 Å². The molecule has 1 N–H and O–H groups in total. The molecular weight excluding hydrogens is 204 g/mol. The third-order valence-corrected chi connectivity index (χ3v) is 2.84. The minimum Gasteiger partial charge on any atom is -0.343 e. The van der Waals surface area contributed by atoms with Crippen molar-refractivity contribution in [3.05, 3.63) is 34.2 Å². The summed E-state index contributed by atoms with van der Waals surface area (Å²) in [6.07, 6.45) is 0. The molecule has 0 saturated carbocycles. The van der Waals surface area contributed by atoms with Crippen molar-refractivity contribution in [3.63, 3.8) is 0 Å².